The largest absolute Gasteiger partial charge is 0.480 e. The van der Waals surface area contributed by atoms with E-state index in [0.717, 1.165) is 0 Å². The molecule has 0 aromatic heterocycles. The van der Waals surface area contributed by atoms with Crippen molar-refractivity contribution in [3.8, 4) is 0 Å². The first-order chi connectivity index (χ1) is 6.22. The topological polar surface area (TPSA) is 102 Å². The van der Waals surface area contributed by atoms with E-state index in [1.54, 1.807) is 20.8 Å². The summed E-state index contributed by atoms with van der Waals surface area (Å²) in [7, 11) is 0. The number of amides is 1. The minimum atomic E-state index is -1.17. The minimum Gasteiger partial charge on any atom is -0.480 e. The lowest BCUT2D eigenvalue weighted by Gasteiger charge is -2.22. The van der Waals surface area contributed by atoms with Gasteiger partial charge in [-0.15, -0.1) is 0 Å². The molecule has 0 radical (unpaired) electrons. The van der Waals surface area contributed by atoms with Crippen molar-refractivity contribution >= 4 is 11.9 Å². The Morgan fingerprint density at radius 3 is 2.29 bits per heavy atom. The number of carboxylic acids is 1. The molecule has 0 spiro atoms. The van der Waals surface area contributed by atoms with Crippen molar-refractivity contribution in [3.63, 3.8) is 0 Å². The number of nitrogens with one attached hydrogen (secondary N) is 1. The number of primary amides is 1. The second kappa shape index (κ2) is 4.92. The average Bonchev–Trinajstić information content (AvgIpc) is 1.94. The standard InChI is InChI=1S/C8H16N2O4/c1-8(2,3)14-10-5(7(12)13)4-6(9)11/h5,10H,4H2,1-3H3,(H2,9,11)(H,12,13)/t5-/m0/s1. The number of hydrogen-bond donors (Lipinski definition) is 3. The zero-order valence-electron chi connectivity index (χ0n) is 8.53. The van der Waals surface area contributed by atoms with Gasteiger partial charge in [0.25, 0.3) is 0 Å². The Kier molecular flexibility index (Phi) is 4.52. The molecular formula is C8H16N2O4. The molecule has 0 saturated heterocycles. The molecule has 0 saturated carbocycles. The lowest BCUT2D eigenvalue weighted by atomic mass is 10.2. The van der Waals surface area contributed by atoms with Gasteiger partial charge in [-0.1, -0.05) is 0 Å². The van der Waals surface area contributed by atoms with E-state index >= 15 is 0 Å². The van der Waals surface area contributed by atoms with Crippen molar-refractivity contribution in [1.29, 1.82) is 0 Å². The highest BCUT2D eigenvalue weighted by molar-refractivity contribution is 5.83. The van der Waals surface area contributed by atoms with Crippen LogP contribution in [0.4, 0.5) is 0 Å². The lowest BCUT2D eigenvalue weighted by Crippen LogP contribution is -2.43. The summed E-state index contributed by atoms with van der Waals surface area (Å²) in [6, 6.07) is -1.10. The number of hydrogen-bond acceptors (Lipinski definition) is 4. The average molecular weight is 204 g/mol. The van der Waals surface area contributed by atoms with E-state index in [1.807, 2.05) is 0 Å². The number of hydroxylamine groups is 1. The fraction of sp³-hybridized carbons (Fsp3) is 0.750. The molecule has 0 aliphatic heterocycles. The van der Waals surface area contributed by atoms with Crippen LogP contribution in [-0.2, 0) is 14.4 Å². The Labute approximate surface area is 82.4 Å². The summed E-state index contributed by atoms with van der Waals surface area (Å²) in [6.07, 6.45) is -0.300. The van der Waals surface area contributed by atoms with Gasteiger partial charge >= 0.3 is 5.97 Å². The van der Waals surface area contributed by atoms with Gasteiger partial charge in [0, 0.05) is 0 Å². The summed E-state index contributed by atoms with van der Waals surface area (Å²) in [5.41, 5.74) is 6.64. The third-order valence-electron chi connectivity index (χ3n) is 1.21. The molecule has 0 bridgehead atoms. The zero-order chi connectivity index (χ0) is 11.4. The highest BCUT2D eigenvalue weighted by Gasteiger charge is 2.22. The predicted molar refractivity (Wildman–Crippen MR) is 49.2 cm³/mol. The smallest absolute Gasteiger partial charge is 0.323 e. The monoisotopic (exact) mass is 204 g/mol. The number of aliphatic carboxylic acids is 1. The van der Waals surface area contributed by atoms with Crippen LogP contribution in [-0.4, -0.2) is 28.6 Å². The van der Waals surface area contributed by atoms with Crippen LogP contribution in [0.25, 0.3) is 0 Å². The molecule has 0 fully saturated rings. The second-order valence-corrected chi connectivity index (χ2v) is 3.89. The molecule has 4 N–H and O–H groups in total. The van der Waals surface area contributed by atoms with Crippen LogP contribution in [0.3, 0.4) is 0 Å². The molecule has 82 valence electrons. The molecule has 1 amide bonds. The van der Waals surface area contributed by atoms with Crippen molar-refractivity contribution in [2.75, 3.05) is 0 Å². The second-order valence-electron chi connectivity index (χ2n) is 3.89. The molecule has 0 rings (SSSR count). The maximum atomic E-state index is 10.6. The van der Waals surface area contributed by atoms with Gasteiger partial charge < -0.3 is 10.8 Å². The molecule has 0 aliphatic rings. The predicted octanol–water partition coefficient (Wildman–Crippen LogP) is -0.365. The first kappa shape index (κ1) is 12.9. The molecular weight excluding hydrogens is 188 g/mol. The molecule has 1 atom stereocenters. The number of carbonyl (C=O) groups is 2. The van der Waals surface area contributed by atoms with Crippen LogP contribution in [0, 0.1) is 0 Å². The highest BCUT2D eigenvalue weighted by Crippen LogP contribution is 2.05. The van der Waals surface area contributed by atoms with Crippen LogP contribution >= 0.6 is 0 Å². The third kappa shape index (κ3) is 6.38. The van der Waals surface area contributed by atoms with Gasteiger partial charge in [0.05, 0.1) is 12.0 Å². The molecule has 0 aromatic rings. The SMILES string of the molecule is CC(C)(C)ON[C@@H](CC(N)=O)C(=O)O. The molecule has 6 heteroatoms. The van der Waals surface area contributed by atoms with Crippen molar-refractivity contribution < 1.29 is 19.5 Å². The fourth-order valence-corrected chi connectivity index (χ4v) is 0.628. The number of carboxylic acid groups (broad SMARTS) is 1. The van der Waals surface area contributed by atoms with Gasteiger partial charge in [0.15, 0.2) is 0 Å². The van der Waals surface area contributed by atoms with Crippen LogP contribution in [0.5, 0.6) is 0 Å². The Morgan fingerprint density at radius 1 is 1.50 bits per heavy atom. The van der Waals surface area contributed by atoms with E-state index in [0.29, 0.717) is 0 Å². The van der Waals surface area contributed by atoms with E-state index in [4.69, 9.17) is 15.7 Å². The number of nitrogens with two attached hydrogens (primary N) is 1. The Bertz CT molecular complexity index is 222. The summed E-state index contributed by atoms with van der Waals surface area (Å²) in [4.78, 5) is 26.1. The first-order valence-electron chi connectivity index (χ1n) is 4.17. The highest BCUT2D eigenvalue weighted by atomic mass is 16.7. The lowest BCUT2D eigenvalue weighted by molar-refractivity contribution is -0.152. The Balaban J connectivity index is 4.11. The molecule has 0 aliphatic carbocycles. The summed E-state index contributed by atoms with van der Waals surface area (Å²) in [6.45, 7) is 5.26. The van der Waals surface area contributed by atoms with Crippen molar-refractivity contribution in [2.45, 2.75) is 38.8 Å². The number of carbonyl (C=O) groups excluding carboxylic acids is 1. The van der Waals surface area contributed by atoms with Crippen LogP contribution in [0.1, 0.15) is 27.2 Å². The quantitative estimate of drug-likeness (QED) is 0.530. The van der Waals surface area contributed by atoms with E-state index in [1.165, 1.54) is 0 Å². The summed E-state index contributed by atoms with van der Waals surface area (Å²) in [5.74, 6) is -1.87. The van der Waals surface area contributed by atoms with Crippen molar-refractivity contribution in [3.05, 3.63) is 0 Å². The molecule has 6 nitrogen and oxygen atoms in total. The van der Waals surface area contributed by atoms with Gasteiger partial charge in [-0.3, -0.25) is 14.4 Å². The Morgan fingerprint density at radius 2 is 2.00 bits per heavy atom. The summed E-state index contributed by atoms with van der Waals surface area (Å²) >= 11 is 0. The van der Waals surface area contributed by atoms with Gasteiger partial charge in [0.1, 0.15) is 6.04 Å². The van der Waals surface area contributed by atoms with E-state index < -0.39 is 23.5 Å². The van der Waals surface area contributed by atoms with Gasteiger partial charge in [0.2, 0.25) is 5.91 Å². The maximum absolute atomic E-state index is 10.6. The van der Waals surface area contributed by atoms with Crippen LogP contribution < -0.4 is 11.2 Å². The van der Waals surface area contributed by atoms with Crippen molar-refractivity contribution in [1.82, 2.24) is 5.48 Å². The molecule has 0 aromatic carbocycles. The zero-order valence-corrected chi connectivity index (χ0v) is 8.53. The van der Waals surface area contributed by atoms with Crippen LogP contribution in [0.15, 0.2) is 0 Å². The summed E-state index contributed by atoms with van der Waals surface area (Å²) < 4.78 is 0. The molecule has 0 unspecified atom stereocenters. The molecule has 14 heavy (non-hydrogen) atoms. The minimum absolute atomic E-state index is 0.300. The fourth-order valence-electron chi connectivity index (χ4n) is 0.628. The van der Waals surface area contributed by atoms with Crippen LogP contribution in [0.2, 0.25) is 0 Å². The van der Waals surface area contributed by atoms with E-state index in [9.17, 15) is 9.59 Å². The third-order valence-corrected chi connectivity index (χ3v) is 1.21. The first-order valence-corrected chi connectivity index (χ1v) is 4.17. The van der Waals surface area contributed by atoms with E-state index in [-0.39, 0.29) is 6.42 Å². The summed E-state index contributed by atoms with van der Waals surface area (Å²) in [5, 5.41) is 8.67. The van der Waals surface area contributed by atoms with E-state index in [2.05, 4.69) is 5.48 Å². The number of rotatable bonds is 5. The maximum Gasteiger partial charge on any atom is 0.323 e. The Hall–Kier alpha value is -1.14. The molecule has 0 heterocycles. The van der Waals surface area contributed by atoms with Gasteiger partial charge in [-0.2, -0.15) is 5.48 Å². The normalized spacial score (nSPS) is 13.6. The van der Waals surface area contributed by atoms with Gasteiger partial charge in [-0.25, -0.2) is 0 Å². The van der Waals surface area contributed by atoms with Crippen molar-refractivity contribution in [2.24, 2.45) is 5.73 Å². The van der Waals surface area contributed by atoms with Gasteiger partial charge in [-0.05, 0) is 20.8 Å².